The molecule has 0 bridgehead atoms. The lowest BCUT2D eigenvalue weighted by atomic mass is 9.64. The van der Waals surface area contributed by atoms with Gasteiger partial charge in [0.2, 0.25) is 0 Å². The molecule has 1 saturated carbocycles. The van der Waals surface area contributed by atoms with Gasteiger partial charge in [-0.25, -0.2) is 0 Å². The molecule has 1 N–H and O–H groups in total. The van der Waals surface area contributed by atoms with E-state index in [4.69, 9.17) is 4.74 Å². The van der Waals surface area contributed by atoms with Gasteiger partial charge in [0.1, 0.15) is 0 Å². The van der Waals surface area contributed by atoms with E-state index in [1.54, 1.807) is 11.3 Å². The Kier molecular flexibility index (Phi) is 4.50. The van der Waals surface area contributed by atoms with E-state index in [1.165, 1.54) is 15.3 Å². The van der Waals surface area contributed by atoms with Crippen LogP contribution in [0, 0.1) is 5.41 Å². The number of thiophene rings is 2. The van der Waals surface area contributed by atoms with Crippen LogP contribution in [0.25, 0.3) is 10.4 Å². The van der Waals surface area contributed by atoms with Crippen molar-refractivity contribution in [2.75, 3.05) is 6.61 Å². The lowest BCUT2D eigenvalue weighted by Gasteiger charge is -2.51. The quantitative estimate of drug-likeness (QED) is 0.827. The van der Waals surface area contributed by atoms with Crippen molar-refractivity contribution in [3.8, 4) is 10.4 Å². The van der Waals surface area contributed by atoms with Gasteiger partial charge in [-0.05, 0) is 36.2 Å². The molecule has 21 heavy (non-hydrogen) atoms. The minimum atomic E-state index is 0.240. The summed E-state index contributed by atoms with van der Waals surface area (Å²) >= 11 is 3.65. The van der Waals surface area contributed by atoms with E-state index in [9.17, 15) is 0 Å². The molecule has 2 nitrogen and oxygen atoms in total. The Morgan fingerprint density at radius 3 is 2.90 bits per heavy atom. The van der Waals surface area contributed by atoms with Crippen LogP contribution >= 0.6 is 22.7 Å². The van der Waals surface area contributed by atoms with Gasteiger partial charge in [0.15, 0.2) is 0 Å². The van der Waals surface area contributed by atoms with Gasteiger partial charge in [-0.15, -0.1) is 22.7 Å². The molecule has 2 aromatic rings. The molecule has 114 valence electrons. The zero-order chi connectivity index (χ0) is 14.9. The predicted octanol–water partition coefficient (Wildman–Crippen LogP) is 4.77. The fourth-order valence-electron chi connectivity index (χ4n) is 2.99. The SMILES string of the molecule is CCOC1CC(NCc2cc(-c3cccs3)cs2)C1(C)C. The van der Waals surface area contributed by atoms with Gasteiger partial charge < -0.3 is 10.1 Å². The average molecular weight is 322 g/mol. The molecule has 0 spiro atoms. The minimum Gasteiger partial charge on any atom is -0.378 e. The molecule has 2 aromatic heterocycles. The second-order valence-electron chi connectivity index (χ2n) is 6.21. The summed E-state index contributed by atoms with van der Waals surface area (Å²) in [4.78, 5) is 2.77. The van der Waals surface area contributed by atoms with Crippen LogP contribution in [0.15, 0.2) is 29.0 Å². The van der Waals surface area contributed by atoms with Crippen molar-refractivity contribution in [2.45, 2.75) is 45.9 Å². The lowest BCUT2D eigenvalue weighted by molar-refractivity contribution is -0.114. The van der Waals surface area contributed by atoms with Gasteiger partial charge in [-0.2, -0.15) is 0 Å². The number of hydrogen-bond acceptors (Lipinski definition) is 4. The van der Waals surface area contributed by atoms with E-state index in [0.29, 0.717) is 12.1 Å². The normalized spacial score (nSPS) is 24.0. The van der Waals surface area contributed by atoms with Gasteiger partial charge in [-0.1, -0.05) is 19.9 Å². The van der Waals surface area contributed by atoms with E-state index < -0.39 is 0 Å². The highest BCUT2D eigenvalue weighted by Crippen LogP contribution is 2.43. The first-order valence-electron chi connectivity index (χ1n) is 7.57. The summed E-state index contributed by atoms with van der Waals surface area (Å²) in [5.74, 6) is 0. The molecular weight excluding hydrogens is 298 g/mol. The molecule has 2 heterocycles. The average Bonchev–Trinajstić information content (AvgIpc) is 3.12. The Balaban J connectivity index is 1.55. The van der Waals surface area contributed by atoms with Gasteiger partial charge in [0.25, 0.3) is 0 Å². The van der Waals surface area contributed by atoms with E-state index >= 15 is 0 Å². The highest BCUT2D eigenvalue weighted by Gasteiger charge is 2.48. The van der Waals surface area contributed by atoms with Crippen LogP contribution in [0.5, 0.6) is 0 Å². The van der Waals surface area contributed by atoms with Crippen molar-refractivity contribution < 1.29 is 4.74 Å². The molecule has 0 saturated heterocycles. The zero-order valence-corrected chi connectivity index (χ0v) is 14.5. The van der Waals surface area contributed by atoms with Crippen LogP contribution in [0.1, 0.15) is 32.1 Å². The van der Waals surface area contributed by atoms with Crippen molar-refractivity contribution >= 4 is 22.7 Å². The predicted molar refractivity (Wildman–Crippen MR) is 92.1 cm³/mol. The third kappa shape index (κ3) is 3.09. The van der Waals surface area contributed by atoms with Gasteiger partial charge in [-0.3, -0.25) is 0 Å². The van der Waals surface area contributed by atoms with Crippen LogP contribution < -0.4 is 5.32 Å². The summed E-state index contributed by atoms with van der Waals surface area (Å²) in [7, 11) is 0. The second-order valence-corrected chi connectivity index (χ2v) is 8.16. The molecule has 0 radical (unpaired) electrons. The van der Waals surface area contributed by atoms with Crippen molar-refractivity contribution in [1.29, 1.82) is 0 Å². The highest BCUT2D eigenvalue weighted by molar-refractivity contribution is 7.14. The lowest BCUT2D eigenvalue weighted by Crippen LogP contribution is -2.60. The topological polar surface area (TPSA) is 21.3 Å². The second kappa shape index (κ2) is 6.21. The van der Waals surface area contributed by atoms with Crippen molar-refractivity contribution in [1.82, 2.24) is 5.32 Å². The van der Waals surface area contributed by atoms with E-state index in [-0.39, 0.29) is 5.41 Å². The van der Waals surface area contributed by atoms with Crippen LogP contribution in [-0.4, -0.2) is 18.8 Å². The Bertz CT molecular complexity index is 573. The first kappa shape index (κ1) is 15.2. The summed E-state index contributed by atoms with van der Waals surface area (Å²) in [5, 5.41) is 8.10. The van der Waals surface area contributed by atoms with Crippen LogP contribution in [0.2, 0.25) is 0 Å². The van der Waals surface area contributed by atoms with Crippen LogP contribution in [0.4, 0.5) is 0 Å². The molecule has 3 rings (SSSR count). The standard InChI is InChI=1S/C17H23NOS2/c1-4-19-16-9-15(17(16,2)3)18-10-13-8-12(11-21-13)14-6-5-7-20-14/h5-8,11,15-16,18H,4,9-10H2,1-3H3. The maximum atomic E-state index is 5.79. The maximum absolute atomic E-state index is 5.79. The summed E-state index contributed by atoms with van der Waals surface area (Å²) in [6, 6.07) is 7.17. The Labute approximate surface area is 135 Å². The monoisotopic (exact) mass is 321 g/mol. The largest absolute Gasteiger partial charge is 0.378 e. The third-order valence-electron chi connectivity index (χ3n) is 4.53. The van der Waals surface area contributed by atoms with Crippen LogP contribution in [0.3, 0.4) is 0 Å². The summed E-state index contributed by atoms with van der Waals surface area (Å²) in [5.41, 5.74) is 1.59. The number of nitrogens with one attached hydrogen (secondary N) is 1. The molecule has 1 aliphatic carbocycles. The number of ether oxygens (including phenoxy) is 1. The van der Waals surface area contributed by atoms with Crippen molar-refractivity contribution in [3.05, 3.63) is 33.8 Å². The van der Waals surface area contributed by atoms with Gasteiger partial charge in [0, 0.05) is 39.9 Å². The minimum absolute atomic E-state index is 0.240. The van der Waals surface area contributed by atoms with Crippen molar-refractivity contribution in [2.24, 2.45) is 5.41 Å². The van der Waals surface area contributed by atoms with Crippen LogP contribution in [-0.2, 0) is 11.3 Å². The molecule has 1 fully saturated rings. The fourth-order valence-corrected chi connectivity index (χ4v) is 4.61. The fraction of sp³-hybridized carbons (Fsp3) is 0.529. The highest BCUT2D eigenvalue weighted by atomic mass is 32.1. The molecule has 2 unspecified atom stereocenters. The Hall–Kier alpha value is -0.680. The number of rotatable bonds is 6. The van der Waals surface area contributed by atoms with E-state index in [1.807, 2.05) is 11.3 Å². The van der Waals surface area contributed by atoms with Gasteiger partial charge >= 0.3 is 0 Å². The molecule has 0 aromatic carbocycles. The summed E-state index contributed by atoms with van der Waals surface area (Å²) in [6.45, 7) is 8.47. The summed E-state index contributed by atoms with van der Waals surface area (Å²) in [6.07, 6.45) is 1.54. The first-order valence-corrected chi connectivity index (χ1v) is 9.33. The Morgan fingerprint density at radius 2 is 2.24 bits per heavy atom. The molecule has 0 amide bonds. The van der Waals surface area contributed by atoms with Gasteiger partial charge in [0.05, 0.1) is 6.10 Å². The summed E-state index contributed by atoms with van der Waals surface area (Å²) < 4.78 is 5.79. The van der Waals surface area contributed by atoms with E-state index in [0.717, 1.165) is 19.6 Å². The molecule has 2 atom stereocenters. The number of hydrogen-bond donors (Lipinski definition) is 1. The van der Waals surface area contributed by atoms with Crippen molar-refractivity contribution in [3.63, 3.8) is 0 Å². The zero-order valence-electron chi connectivity index (χ0n) is 12.9. The first-order chi connectivity index (χ1) is 10.1. The van der Waals surface area contributed by atoms with E-state index in [2.05, 4.69) is 55.0 Å². The smallest absolute Gasteiger partial charge is 0.0655 e. The molecule has 1 aliphatic rings. The molecular formula is C17H23NOS2. The molecule has 0 aliphatic heterocycles. The third-order valence-corrected chi connectivity index (χ3v) is 6.38. The Morgan fingerprint density at radius 1 is 1.38 bits per heavy atom. The maximum Gasteiger partial charge on any atom is 0.0655 e. The molecule has 4 heteroatoms.